The fraction of sp³-hybridized carbons (Fsp3) is 0.250. The second kappa shape index (κ2) is 6.93. The average Bonchev–Trinajstić information content (AvgIpc) is 2.42. The monoisotopic (exact) mass is 314 g/mol. The van der Waals surface area contributed by atoms with Gasteiger partial charge in [0.05, 0.1) is 16.2 Å². The Kier molecular flexibility index (Phi) is 5.24. The molecule has 100 valence electrons. The molecule has 2 heterocycles. The van der Waals surface area contributed by atoms with Crippen LogP contribution in [0.3, 0.4) is 0 Å². The van der Waals surface area contributed by atoms with Crippen molar-refractivity contribution in [2.45, 2.75) is 23.4 Å². The van der Waals surface area contributed by atoms with E-state index < -0.39 is 0 Å². The molecule has 0 atom stereocenters. The van der Waals surface area contributed by atoms with Gasteiger partial charge < -0.3 is 5.32 Å². The zero-order valence-electron chi connectivity index (χ0n) is 10.2. The van der Waals surface area contributed by atoms with Crippen LogP contribution in [0.1, 0.15) is 13.3 Å². The van der Waals surface area contributed by atoms with E-state index >= 15 is 0 Å². The van der Waals surface area contributed by atoms with Gasteiger partial charge >= 0.3 is 0 Å². The van der Waals surface area contributed by atoms with E-state index in [0.29, 0.717) is 21.0 Å². The molecule has 7 heteroatoms. The van der Waals surface area contributed by atoms with Gasteiger partial charge in [-0.2, -0.15) is 0 Å². The second-order valence-electron chi connectivity index (χ2n) is 3.69. The zero-order valence-corrected chi connectivity index (χ0v) is 12.6. The molecule has 0 radical (unpaired) electrons. The van der Waals surface area contributed by atoms with Crippen LogP contribution in [0.5, 0.6) is 0 Å². The molecular weight excluding hydrogens is 303 g/mol. The van der Waals surface area contributed by atoms with Crippen LogP contribution in [-0.4, -0.2) is 21.5 Å². The molecule has 0 unspecified atom stereocenters. The van der Waals surface area contributed by atoms with E-state index in [1.54, 1.807) is 18.5 Å². The minimum atomic E-state index is 0.504. The van der Waals surface area contributed by atoms with Crippen molar-refractivity contribution < 1.29 is 0 Å². The number of nitrogens with zero attached hydrogens (tertiary/aromatic N) is 3. The average molecular weight is 315 g/mol. The highest BCUT2D eigenvalue weighted by molar-refractivity contribution is 7.99. The fourth-order valence-electron chi connectivity index (χ4n) is 1.27. The highest BCUT2D eigenvalue weighted by Crippen LogP contribution is 2.30. The summed E-state index contributed by atoms with van der Waals surface area (Å²) in [5.74, 6) is 0.572. The van der Waals surface area contributed by atoms with Gasteiger partial charge in [0, 0.05) is 12.7 Å². The molecule has 0 bridgehead atoms. The van der Waals surface area contributed by atoms with Crippen molar-refractivity contribution in [2.75, 3.05) is 11.9 Å². The topological polar surface area (TPSA) is 50.7 Å². The summed E-state index contributed by atoms with van der Waals surface area (Å²) < 4.78 is 0. The Morgan fingerprint density at radius 3 is 2.74 bits per heavy atom. The minimum Gasteiger partial charge on any atom is -0.354 e. The lowest BCUT2D eigenvalue weighted by Crippen LogP contribution is -2.04. The molecule has 0 aromatic carbocycles. The van der Waals surface area contributed by atoms with Crippen molar-refractivity contribution in [3.63, 3.8) is 0 Å². The Balaban J connectivity index is 2.16. The molecule has 2 rings (SSSR count). The van der Waals surface area contributed by atoms with Crippen molar-refractivity contribution in [3.8, 4) is 0 Å². The Labute approximate surface area is 126 Å². The molecule has 0 spiro atoms. The summed E-state index contributed by atoms with van der Waals surface area (Å²) in [6, 6.07) is 3.60. The molecule has 4 nitrogen and oxygen atoms in total. The van der Waals surface area contributed by atoms with Gasteiger partial charge in [-0.05, 0) is 30.3 Å². The van der Waals surface area contributed by atoms with E-state index in [2.05, 4.69) is 27.2 Å². The van der Waals surface area contributed by atoms with Crippen molar-refractivity contribution in [2.24, 2.45) is 0 Å². The lowest BCUT2D eigenvalue weighted by Gasteiger charge is -2.06. The van der Waals surface area contributed by atoms with Gasteiger partial charge in [-0.15, -0.1) is 0 Å². The highest BCUT2D eigenvalue weighted by Gasteiger charge is 2.08. The third-order valence-electron chi connectivity index (χ3n) is 2.15. The number of hydrogen-bond donors (Lipinski definition) is 1. The number of hydrogen-bond acceptors (Lipinski definition) is 5. The van der Waals surface area contributed by atoms with Gasteiger partial charge in [-0.1, -0.05) is 30.1 Å². The molecule has 0 aliphatic carbocycles. The van der Waals surface area contributed by atoms with E-state index in [4.69, 9.17) is 23.2 Å². The molecule has 0 aliphatic rings. The van der Waals surface area contributed by atoms with Crippen LogP contribution in [0.25, 0.3) is 0 Å². The lowest BCUT2D eigenvalue weighted by atomic mass is 10.5. The van der Waals surface area contributed by atoms with E-state index in [9.17, 15) is 0 Å². The molecule has 0 saturated heterocycles. The van der Waals surface area contributed by atoms with E-state index in [1.807, 2.05) is 6.07 Å². The maximum absolute atomic E-state index is 6.08. The van der Waals surface area contributed by atoms with Crippen LogP contribution in [0.15, 0.2) is 34.6 Å². The standard InChI is InChI=1S/C12H12Cl2N4S/c1-2-5-15-12-17-7-9(14)11(18-12)19-10-4-3-8(13)6-16-10/h3-4,6-7H,2,5H2,1H3,(H,15,17,18). The smallest absolute Gasteiger partial charge is 0.223 e. The molecular formula is C12H12Cl2N4S. The molecule has 0 amide bonds. The van der Waals surface area contributed by atoms with Crippen molar-refractivity contribution in [3.05, 3.63) is 34.6 Å². The number of aromatic nitrogens is 3. The Bertz CT molecular complexity index is 548. The number of halogens is 2. The summed E-state index contributed by atoms with van der Waals surface area (Å²) >= 11 is 13.3. The molecule has 0 aliphatic heterocycles. The predicted octanol–water partition coefficient (Wildman–Crippen LogP) is 4.15. The van der Waals surface area contributed by atoms with E-state index in [-0.39, 0.29) is 0 Å². The molecule has 2 aromatic rings. The molecule has 1 N–H and O–H groups in total. The number of nitrogens with one attached hydrogen (secondary N) is 1. The maximum atomic E-state index is 6.08. The Hall–Kier alpha value is -1.04. The molecule has 19 heavy (non-hydrogen) atoms. The first-order valence-corrected chi connectivity index (χ1v) is 7.32. The van der Waals surface area contributed by atoms with Crippen LogP contribution in [0.2, 0.25) is 10.0 Å². The van der Waals surface area contributed by atoms with Crippen LogP contribution in [0, 0.1) is 0 Å². The lowest BCUT2D eigenvalue weighted by molar-refractivity contribution is 0.934. The van der Waals surface area contributed by atoms with Crippen molar-refractivity contribution in [1.82, 2.24) is 15.0 Å². The summed E-state index contributed by atoms with van der Waals surface area (Å²) in [6.07, 6.45) is 4.19. The summed E-state index contributed by atoms with van der Waals surface area (Å²) in [7, 11) is 0. The van der Waals surface area contributed by atoms with Gasteiger partial charge in [0.15, 0.2) is 0 Å². The summed E-state index contributed by atoms with van der Waals surface area (Å²) in [5, 5.41) is 5.68. The number of anilines is 1. The van der Waals surface area contributed by atoms with Gasteiger partial charge in [-0.25, -0.2) is 15.0 Å². The summed E-state index contributed by atoms with van der Waals surface area (Å²) in [6.45, 7) is 2.90. The van der Waals surface area contributed by atoms with Gasteiger partial charge in [0.2, 0.25) is 5.95 Å². The normalized spacial score (nSPS) is 10.5. The Morgan fingerprint density at radius 1 is 1.21 bits per heavy atom. The number of pyridine rings is 1. The quantitative estimate of drug-likeness (QED) is 0.840. The van der Waals surface area contributed by atoms with Crippen LogP contribution in [0.4, 0.5) is 5.95 Å². The first-order valence-electron chi connectivity index (χ1n) is 5.75. The van der Waals surface area contributed by atoms with Gasteiger partial charge in [0.1, 0.15) is 10.1 Å². The second-order valence-corrected chi connectivity index (χ2v) is 5.54. The third-order valence-corrected chi connectivity index (χ3v) is 3.71. The molecule has 0 fully saturated rings. The first kappa shape index (κ1) is 14.4. The van der Waals surface area contributed by atoms with E-state index in [1.165, 1.54) is 11.8 Å². The Morgan fingerprint density at radius 2 is 2.05 bits per heavy atom. The van der Waals surface area contributed by atoms with Gasteiger partial charge in [0.25, 0.3) is 0 Å². The highest BCUT2D eigenvalue weighted by atomic mass is 35.5. The SMILES string of the molecule is CCCNc1ncc(Cl)c(Sc2ccc(Cl)cn2)n1. The van der Waals surface area contributed by atoms with Crippen LogP contribution in [-0.2, 0) is 0 Å². The predicted molar refractivity (Wildman–Crippen MR) is 79.2 cm³/mol. The maximum Gasteiger partial charge on any atom is 0.223 e. The van der Waals surface area contributed by atoms with E-state index in [0.717, 1.165) is 18.0 Å². The summed E-state index contributed by atoms with van der Waals surface area (Å²) in [5.41, 5.74) is 0. The zero-order chi connectivity index (χ0) is 13.7. The third kappa shape index (κ3) is 4.23. The fourth-order valence-corrected chi connectivity index (χ4v) is 2.31. The molecule has 0 saturated carbocycles. The van der Waals surface area contributed by atoms with Crippen molar-refractivity contribution >= 4 is 40.9 Å². The first-order chi connectivity index (χ1) is 9.19. The molecule has 2 aromatic heterocycles. The van der Waals surface area contributed by atoms with Gasteiger partial charge in [-0.3, -0.25) is 0 Å². The largest absolute Gasteiger partial charge is 0.354 e. The van der Waals surface area contributed by atoms with Crippen LogP contribution >= 0.6 is 35.0 Å². The summed E-state index contributed by atoms with van der Waals surface area (Å²) in [4.78, 5) is 12.7. The minimum absolute atomic E-state index is 0.504. The van der Waals surface area contributed by atoms with Crippen LogP contribution < -0.4 is 5.32 Å². The van der Waals surface area contributed by atoms with Crippen molar-refractivity contribution in [1.29, 1.82) is 0 Å². The number of rotatable bonds is 5.